The number of hydrogen-bond donors (Lipinski definition) is 1. The lowest BCUT2D eigenvalue weighted by Crippen LogP contribution is -2.27. The van der Waals surface area contributed by atoms with E-state index in [1.165, 1.54) is 6.08 Å². The van der Waals surface area contributed by atoms with Gasteiger partial charge in [-0.25, -0.2) is 0 Å². The van der Waals surface area contributed by atoms with Gasteiger partial charge < -0.3 is 9.84 Å². The quantitative estimate of drug-likeness (QED) is 0.419. The zero-order chi connectivity index (χ0) is 21.8. The molecular weight excluding hydrogens is 410 g/mol. The third kappa shape index (κ3) is 4.11. The molecule has 3 rings (SSSR count). The summed E-state index contributed by atoms with van der Waals surface area (Å²) in [5, 5.41) is 30.2. The second-order valence-corrected chi connectivity index (χ2v) is 7.10. The largest absolute Gasteiger partial charge is 0.504 e. The fraction of sp³-hybridized carbons (Fsp3) is 0.150. The highest BCUT2D eigenvalue weighted by atomic mass is 32.2. The molecule has 1 aliphatic rings. The van der Waals surface area contributed by atoms with Gasteiger partial charge in [-0.3, -0.25) is 24.6 Å². The lowest BCUT2D eigenvalue weighted by atomic mass is 10.1. The fourth-order valence-corrected chi connectivity index (χ4v) is 3.64. The van der Waals surface area contributed by atoms with E-state index in [1.807, 2.05) is 6.07 Å². The van der Waals surface area contributed by atoms with Gasteiger partial charge in [-0.05, 0) is 36.4 Å². The number of carbonyl (C=O) groups is 2. The lowest BCUT2D eigenvalue weighted by molar-refractivity contribution is -0.385. The summed E-state index contributed by atoms with van der Waals surface area (Å²) in [4.78, 5) is 36.6. The van der Waals surface area contributed by atoms with Gasteiger partial charge in [0.1, 0.15) is 0 Å². The number of nitro groups is 1. The average molecular weight is 425 g/mol. The number of amides is 2. The Morgan fingerprint density at radius 1 is 1.33 bits per heavy atom. The summed E-state index contributed by atoms with van der Waals surface area (Å²) in [5.74, 6) is -1.09. The van der Waals surface area contributed by atoms with Gasteiger partial charge in [0.05, 0.1) is 40.7 Å². The van der Waals surface area contributed by atoms with Crippen molar-refractivity contribution < 1.29 is 24.4 Å². The Hall–Kier alpha value is -3.84. The van der Waals surface area contributed by atoms with Crippen LogP contribution in [-0.4, -0.2) is 32.7 Å². The van der Waals surface area contributed by atoms with Crippen LogP contribution in [-0.2, 0) is 11.3 Å². The van der Waals surface area contributed by atoms with Crippen molar-refractivity contribution in [1.82, 2.24) is 4.90 Å². The van der Waals surface area contributed by atoms with Crippen LogP contribution in [0.5, 0.6) is 11.5 Å². The van der Waals surface area contributed by atoms with E-state index < -0.39 is 16.1 Å². The number of benzene rings is 2. The number of carbonyl (C=O) groups excluding carboxylic acids is 2. The standard InChI is InChI=1S/C20H15N3O6S/c1-2-29-16-9-15(23(27)28)7-14(18(16)24)8-17-19(25)22(20(26)30-17)11-13-6-4-3-5-12(13)10-21/h3-9,24H,2,11H2,1H3/b17-8+. The van der Waals surface area contributed by atoms with Crippen LogP contribution in [0.3, 0.4) is 0 Å². The molecule has 2 aromatic carbocycles. The molecule has 30 heavy (non-hydrogen) atoms. The van der Waals surface area contributed by atoms with Gasteiger partial charge in [0.15, 0.2) is 11.5 Å². The highest BCUT2D eigenvalue weighted by molar-refractivity contribution is 8.18. The number of phenolic OH excluding ortho intramolecular Hbond substituents is 1. The Labute approximate surface area is 175 Å². The number of nitriles is 1. The van der Waals surface area contributed by atoms with E-state index in [0.717, 1.165) is 17.0 Å². The third-order valence-electron chi connectivity index (χ3n) is 4.23. The maximum Gasteiger partial charge on any atom is 0.293 e. The molecule has 0 atom stereocenters. The molecule has 0 saturated carbocycles. The van der Waals surface area contributed by atoms with E-state index in [4.69, 9.17) is 4.74 Å². The van der Waals surface area contributed by atoms with Gasteiger partial charge in [-0.15, -0.1) is 0 Å². The summed E-state index contributed by atoms with van der Waals surface area (Å²) < 4.78 is 5.22. The lowest BCUT2D eigenvalue weighted by Gasteiger charge is -2.13. The molecule has 1 N–H and O–H groups in total. The molecular formula is C20H15N3O6S. The van der Waals surface area contributed by atoms with Crippen LogP contribution in [0.4, 0.5) is 10.5 Å². The number of thioether (sulfide) groups is 1. The molecule has 0 aliphatic carbocycles. The van der Waals surface area contributed by atoms with E-state index in [0.29, 0.717) is 22.9 Å². The van der Waals surface area contributed by atoms with Gasteiger partial charge in [-0.2, -0.15) is 5.26 Å². The van der Waals surface area contributed by atoms with E-state index >= 15 is 0 Å². The number of hydrogen-bond acceptors (Lipinski definition) is 8. The molecule has 10 heteroatoms. The molecule has 1 fully saturated rings. The van der Waals surface area contributed by atoms with Crippen molar-refractivity contribution in [2.45, 2.75) is 13.5 Å². The predicted molar refractivity (Wildman–Crippen MR) is 109 cm³/mol. The first-order chi connectivity index (χ1) is 14.3. The molecule has 0 spiro atoms. The molecule has 9 nitrogen and oxygen atoms in total. The summed E-state index contributed by atoms with van der Waals surface area (Å²) in [7, 11) is 0. The monoisotopic (exact) mass is 425 g/mol. The summed E-state index contributed by atoms with van der Waals surface area (Å²) in [6.45, 7) is 1.74. The molecule has 1 saturated heterocycles. The maximum absolute atomic E-state index is 12.8. The zero-order valence-corrected chi connectivity index (χ0v) is 16.5. The van der Waals surface area contributed by atoms with Gasteiger partial charge in [0.2, 0.25) is 0 Å². The van der Waals surface area contributed by atoms with E-state index in [1.54, 1.807) is 31.2 Å². The highest BCUT2D eigenvalue weighted by Crippen LogP contribution is 2.39. The molecule has 1 aliphatic heterocycles. The number of imide groups is 1. The SMILES string of the molecule is CCOc1cc([N+](=O)[O-])cc(/C=C2/SC(=O)N(Cc3ccccc3C#N)C2=O)c1O. The first-order valence-corrected chi connectivity index (χ1v) is 9.55. The van der Waals surface area contributed by atoms with Crippen LogP contribution in [0.2, 0.25) is 0 Å². The van der Waals surface area contributed by atoms with Gasteiger partial charge in [0.25, 0.3) is 16.8 Å². The van der Waals surface area contributed by atoms with Crippen molar-refractivity contribution >= 4 is 34.7 Å². The number of non-ortho nitro benzene ring substituents is 1. The van der Waals surface area contributed by atoms with Crippen LogP contribution in [0, 0.1) is 21.4 Å². The highest BCUT2D eigenvalue weighted by Gasteiger charge is 2.35. The van der Waals surface area contributed by atoms with Crippen LogP contribution in [0.15, 0.2) is 41.3 Å². The first-order valence-electron chi connectivity index (χ1n) is 8.73. The molecule has 0 unspecified atom stereocenters. The van der Waals surface area contributed by atoms with Crippen molar-refractivity contribution in [2.24, 2.45) is 0 Å². The topological polar surface area (TPSA) is 134 Å². The number of nitrogens with zero attached hydrogens (tertiary/aromatic N) is 3. The normalized spacial score (nSPS) is 14.8. The van der Waals surface area contributed by atoms with Crippen LogP contribution in [0.25, 0.3) is 6.08 Å². The number of aromatic hydroxyl groups is 1. The molecule has 1 heterocycles. The van der Waals surface area contributed by atoms with Gasteiger partial charge >= 0.3 is 0 Å². The molecule has 2 amide bonds. The maximum atomic E-state index is 12.8. The minimum Gasteiger partial charge on any atom is -0.504 e. The van der Waals surface area contributed by atoms with Gasteiger partial charge in [-0.1, -0.05) is 18.2 Å². The molecule has 0 aromatic heterocycles. The summed E-state index contributed by atoms with van der Waals surface area (Å²) in [6.07, 6.45) is 1.21. The smallest absolute Gasteiger partial charge is 0.293 e. The number of nitro benzene ring substituents is 1. The fourth-order valence-electron chi connectivity index (χ4n) is 2.81. The second-order valence-electron chi connectivity index (χ2n) is 6.11. The van der Waals surface area contributed by atoms with Crippen molar-refractivity contribution in [2.75, 3.05) is 6.61 Å². The van der Waals surface area contributed by atoms with Crippen molar-refractivity contribution in [3.8, 4) is 17.6 Å². The Morgan fingerprint density at radius 2 is 2.07 bits per heavy atom. The van der Waals surface area contributed by atoms with Crippen LogP contribution < -0.4 is 4.74 Å². The first kappa shape index (κ1) is 20.9. The van der Waals surface area contributed by atoms with Gasteiger partial charge in [0, 0.05) is 11.6 Å². The predicted octanol–water partition coefficient (Wildman–Crippen LogP) is 3.81. The summed E-state index contributed by atoms with van der Waals surface area (Å²) in [5.41, 5.74) is 0.513. The van der Waals surface area contributed by atoms with E-state index in [-0.39, 0.29) is 40.8 Å². The summed E-state index contributed by atoms with van der Waals surface area (Å²) >= 11 is 0.645. The van der Waals surface area contributed by atoms with Crippen LogP contribution in [0.1, 0.15) is 23.6 Å². The molecule has 2 aromatic rings. The van der Waals surface area contributed by atoms with E-state index in [2.05, 4.69) is 0 Å². The number of rotatable bonds is 6. The van der Waals surface area contributed by atoms with Crippen LogP contribution >= 0.6 is 11.8 Å². The Balaban J connectivity index is 1.96. The number of phenols is 1. The van der Waals surface area contributed by atoms with Crippen molar-refractivity contribution in [3.05, 3.63) is 68.1 Å². The zero-order valence-electron chi connectivity index (χ0n) is 15.7. The molecule has 152 valence electrons. The minimum absolute atomic E-state index is 0.00677. The second kappa shape index (κ2) is 8.67. The third-order valence-corrected chi connectivity index (χ3v) is 5.13. The Morgan fingerprint density at radius 3 is 2.73 bits per heavy atom. The Kier molecular flexibility index (Phi) is 6.03. The molecule has 0 bridgehead atoms. The molecule has 0 radical (unpaired) electrons. The average Bonchev–Trinajstić information content (AvgIpc) is 2.98. The van der Waals surface area contributed by atoms with E-state index in [9.17, 15) is 30.1 Å². The van der Waals surface area contributed by atoms with Crippen molar-refractivity contribution in [3.63, 3.8) is 0 Å². The minimum atomic E-state index is -0.649. The summed E-state index contributed by atoms with van der Waals surface area (Å²) in [6, 6.07) is 10.8. The Bertz CT molecular complexity index is 1120. The number of ether oxygens (including phenoxy) is 1. The van der Waals surface area contributed by atoms with Crippen molar-refractivity contribution in [1.29, 1.82) is 5.26 Å².